The van der Waals surface area contributed by atoms with Crippen molar-refractivity contribution in [2.45, 2.75) is 32.7 Å². The van der Waals surface area contributed by atoms with Crippen LogP contribution in [0.1, 0.15) is 47.7 Å². The Morgan fingerprint density at radius 3 is 2.93 bits per heavy atom. The average Bonchev–Trinajstić information content (AvgIpc) is 3.48. The number of carbonyl (C=O) groups is 2. The van der Waals surface area contributed by atoms with Crippen LogP contribution in [0.2, 0.25) is 0 Å². The molecule has 0 spiro atoms. The number of aromatic nitrogens is 3. The molecule has 2 aromatic heterocycles. The number of nitrogens with zero attached hydrogens (tertiary/aromatic N) is 4. The molecular weight excluding hydrogens is 386 g/mol. The van der Waals surface area contributed by atoms with E-state index in [4.69, 9.17) is 9.26 Å². The lowest BCUT2D eigenvalue weighted by Gasteiger charge is -2.23. The summed E-state index contributed by atoms with van der Waals surface area (Å²) in [7, 11) is 0. The molecule has 156 valence electrons. The molecule has 1 aliphatic rings. The first-order valence-electron chi connectivity index (χ1n) is 9.89. The van der Waals surface area contributed by atoms with Crippen LogP contribution in [-0.2, 0) is 4.74 Å². The highest BCUT2D eigenvalue weighted by Gasteiger charge is 2.32. The Bertz CT molecular complexity index is 1060. The van der Waals surface area contributed by atoms with Crippen LogP contribution in [0.4, 0.5) is 10.5 Å². The first-order valence-corrected chi connectivity index (χ1v) is 9.89. The van der Waals surface area contributed by atoms with Crippen LogP contribution in [0.5, 0.6) is 0 Å². The molecule has 1 saturated heterocycles. The maximum absolute atomic E-state index is 12.9. The van der Waals surface area contributed by atoms with Gasteiger partial charge in [-0.15, -0.1) is 0 Å². The highest BCUT2D eigenvalue weighted by molar-refractivity contribution is 5.90. The van der Waals surface area contributed by atoms with Crippen molar-refractivity contribution in [1.29, 1.82) is 0 Å². The molecule has 0 radical (unpaired) electrons. The fourth-order valence-corrected chi connectivity index (χ4v) is 3.55. The number of urea groups is 1. The summed E-state index contributed by atoms with van der Waals surface area (Å²) in [5.74, 6) is 0.236. The van der Waals surface area contributed by atoms with Crippen molar-refractivity contribution in [2.24, 2.45) is 0 Å². The molecule has 1 fully saturated rings. The van der Waals surface area contributed by atoms with Gasteiger partial charge in [0.25, 0.3) is 0 Å². The summed E-state index contributed by atoms with van der Waals surface area (Å²) in [6.07, 6.45) is 3.42. The van der Waals surface area contributed by atoms with Crippen LogP contribution in [0, 0.1) is 6.92 Å². The smallest absolute Gasteiger partial charge is 0.358 e. The van der Waals surface area contributed by atoms with Gasteiger partial charge in [0.2, 0.25) is 0 Å². The largest absolute Gasteiger partial charge is 0.461 e. The maximum Gasteiger partial charge on any atom is 0.358 e. The van der Waals surface area contributed by atoms with Crippen LogP contribution in [0.25, 0.3) is 5.69 Å². The molecule has 1 aromatic carbocycles. The number of ether oxygens (including phenoxy) is 1. The van der Waals surface area contributed by atoms with E-state index in [1.54, 1.807) is 40.9 Å². The summed E-state index contributed by atoms with van der Waals surface area (Å²) in [4.78, 5) is 26.5. The summed E-state index contributed by atoms with van der Waals surface area (Å²) < 4.78 is 11.9. The van der Waals surface area contributed by atoms with Gasteiger partial charge in [0, 0.05) is 24.5 Å². The second kappa shape index (κ2) is 8.40. The predicted octanol–water partition coefficient (Wildman–Crippen LogP) is 3.71. The molecule has 3 aromatic rings. The van der Waals surface area contributed by atoms with Crippen LogP contribution in [-0.4, -0.2) is 45.0 Å². The van der Waals surface area contributed by atoms with Crippen LogP contribution in [0.15, 0.2) is 47.1 Å². The monoisotopic (exact) mass is 409 g/mol. The number of hydrogen-bond acceptors (Lipinski definition) is 6. The Hall–Kier alpha value is -3.62. The summed E-state index contributed by atoms with van der Waals surface area (Å²) in [5.41, 5.74) is 2.37. The molecular formula is C21H23N5O4. The van der Waals surface area contributed by atoms with E-state index in [0.29, 0.717) is 30.3 Å². The third-order valence-corrected chi connectivity index (χ3v) is 4.92. The molecule has 30 heavy (non-hydrogen) atoms. The zero-order valence-electron chi connectivity index (χ0n) is 16.9. The zero-order chi connectivity index (χ0) is 21.1. The standard InChI is InChI=1S/C21H23N5O4/c1-3-29-20(27)17-9-11-26(23-17)16-7-4-6-15(13-16)22-21(28)25-10-5-8-18(25)19-12-14(2)24-30-19/h4,6-7,9,11-13,18H,3,5,8,10H2,1-2H3,(H,22,28)/t18-/m1/s1. The van der Waals surface area contributed by atoms with E-state index in [-0.39, 0.29) is 17.8 Å². The van der Waals surface area contributed by atoms with E-state index in [1.165, 1.54) is 0 Å². The van der Waals surface area contributed by atoms with Gasteiger partial charge in [-0.05, 0) is 51.0 Å². The highest BCUT2D eigenvalue weighted by Crippen LogP contribution is 2.32. The van der Waals surface area contributed by atoms with Crippen molar-refractivity contribution in [3.05, 3.63) is 59.7 Å². The lowest BCUT2D eigenvalue weighted by Crippen LogP contribution is -2.34. The number of benzene rings is 1. The number of rotatable bonds is 5. The van der Waals surface area contributed by atoms with Crippen LogP contribution < -0.4 is 5.32 Å². The fourth-order valence-electron chi connectivity index (χ4n) is 3.55. The van der Waals surface area contributed by atoms with E-state index >= 15 is 0 Å². The molecule has 9 nitrogen and oxygen atoms in total. The van der Waals surface area contributed by atoms with E-state index < -0.39 is 5.97 Å². The fraction of sp³-hybridized carbons (Fsp3) is 0.333. The minimum Gasteiger partial charge on any atom is -0.461 e. The van der Waals surface area contributed by atoms with Gasteiger partial charge in [-0.1, -0.05) is 11.2 Å². The topological polar surface area (TPSA) is 102 Å². The molecule has 0 unspecified atom stereocenters. The van der Waals surface area contributed by atoms with Crippen molar-refractivity contribution in [1.82, 2.24) is 19.8 Å². The first-order chi connectivity index (χ1) is 14.5. The van der Waals surface area contributed by atoms with E-state index in [1.807, 2.05) is 25.1 Å². The Balaban J connectivity index is 1.48. The minimum atomic E-state index is -0.469. The number of aryl methyl sites for hydroxylation is 1. The zero-order valence-corrected chi connectivity index (χ0v) is 16.9. The molecule has 0 saturated carbocycles. The van der Waals surface area contributed by atoms with Crippen LogP contribution in [0.3, 0.4) is 0 Å². The number of likely N-dealkylation sites (tertiary alicyclic amines) is 1. The minimum absolute atomic E-state index is 0.118. The van der Waals surface area contributed by atoms with Crippen molar-refractivity contribution in [3.8, 4) is 5.69 Å². The summed E-state index contributed by atoms with van der Waals surface area (Å²) in [6.45, 7) is 4.55. The number of esters is 1. The average molecular weight is 409 g/mol. The number of carbonyl (C=O) groups excluding carboxylic acids is 2. The van der Waals surface area contributed by atoms with Crippen molar-refractivity contribution < 1.29 is 18.8 Å². The second-order valence-electron chi connectivity index (χ2n) is 7.07. The quantitative estimate of drug-likeness (QED) is 0.645. The normalized spacial score (nSPS) is 15.9. The lowest BCUT2D eigenvalue weighted by atomic mass is 10.1. The second-order valence-corrected chi connectivity index (χ2v) is 7.07. The van der Waals surface area contributed by atoms with Crippen LogP contribution >= 0.6 is 0 Å². The summed E-state index contributed by atoms with van der Waals surface area (Å²) >= 11 is 0. The van der Waals surface area contributed by atoms with Gasteiger partial charge in [-0.25, -0.2) is 14.3 Å². The number of nitrogens with one attached hydrogen (secondary N) is 1. The van der Waals surface area contributed by atoms with Crippen molar-refractivity contribution in [3.63, 3.8) is 0 Å². The third kappa shape index (κ3) is 4.05. The lowest BCUT2D eigenvalue weighted by molar-refractivity contribution is 0.0519. The molecule has 1 atom stereocenters. The van der Waals surface area contributed by atoms with Gasteiger partial charge in [0.05, 0.1) is 24.0 Å². The van der Waals surface area contributed by atoms with Gasteiger partial charge in [0.15, 0.2) is 11.5 Å². The first kappa shape index (κ1) is 19.7. The summed E-state index contributed by atoms with van der Waals surface area (Å²) in [6, 6.07) is 10.4. The Morgan fingerprint density at radius 1 is 1.30 bits per heavy atom. The molecule has 0 bridgehead atoms. The number of amides is 2. The van der Waals surface area contributed by atoms with Gasteiger partial charge >= 0.3 is 12.0 Å². The SMILES string of the molecule is CCOC(=O)c1ccn(-c2cccc(NC(=O)N3CCC[C@@H]3c3cc(C)no3)c2)n1. The highest BCUT2D eigenvalue weighted by atomic mass is 16.5. The Kier molecular flexibility index (Phi) is 5.51. The molecule has 4 rings (SSSR count). The van der Waals surface area contributed by atoms with Crippen molar-refractivity contribution in [2.75, 3.05) is 18.5 Å². The number of hydrogen-bond donors (Lipinski definition) is 1. The predicted molar refractivity (Wildman–Crippen MR) is 108 cm³/mol. The van der Waals surface area contributed by atoms with Gasteiger partial charge < -0.3 is 19.5 Å². The van der Waals surface area contributed by atoms with E-state index in [9.17, 15) is 9.59 Å². The molecule has 2 amide bonds. The molecule has 1 aliphatic heterocycles. The third-order valence-electron chi connectivity index (χ3n) is 4.92. The Labute approximate surface area is 173 Å². The van der Waals surface area contributed by atoms with Gasteiger partial charge in [0.1, 0.15) is 0 Å². The van der Waals surface area contributed by atoms with Crippen molar-refractivity contribution >= 4 is 17.7 Å². The summed E-state index contributed by atoms with van der Waals surface area (Å²) in [5, 5.41) is 11.1. The number of anilines is 1. The molecule has 3 heterocycles. The Morgan fingerprint density at radius 2 is 2.17 bits per heavy atom. The van der Waals surface area contributed by atoms with E-state index in [2.05, 4.69) is 15.6 Å². The molecule has 9 heteroatoms. The molecule has 1 N–H and O–H groups in total. The van der Waals surface area contributed by atoms with Gasteiger partial charge in [-0.2, -0.15) is 5.10 Å². The van der Waals surface area contributed by atoms with Gasteiger partial charge in [-0.3, -0.25) is 0 Å². The molecule has 0 aliphatic carbocycles. The van der Waals surface area contributed by atoms with E-state index in [0.717, 1.165) is 18.5 Å². The maximum atomic E-state index is 12.9.